The number of hydrogen-bond donors (Lipinski definition) is 0. The Morgan fingerprint density at radius 3 is 1.62 bits per heavy atom. The number of carbonyl (C=O) groups excluding carboxylic acids is 1. The van der Waals surface area contributed by atoms with Crippen LogP contribution in [0.25, 0.3) is 11.1 Å². The van der Waals surface area contributed by atoms with Gasteiger partial charge in [-0.1, -0.05) is 0 Å². The molecule has 0 bridgehead atoms. The average molecular weight is 522 g/mol. The molecule has 0 N–H and O–H groups in total. The van der Waals surface area contributed by atoms with E-state index in [4.69, 9.17) is 8.06 Å². The molecule has 3 nitrogen and oxygen atoms in total. The summed E-state index contributed by atoms with van der Waals surface area (Å²) in [4.78, 5) is 12.9. The van der Waals surface area contributed by atoms with Crippen LogP contribution in [-0.4, -0.2) is 5.97 Å². The number of halogens is 1. The van der Waals surface area contributed by atoms with Crippen LogP contribution in [0.1, 0.15) is 101 Å². The predicted octanol–water partition coefficient (Wildman–Crippen LogP) is 8.54. The summed E-state index contributed by atoms with van der Waals surface area (Å²) in [6.07, 6.45) is 2.20. The van der Waals surface area contributed by atoms with Gasteiger partial charge >= 0.3 is 214 Å². The third-order valence-corrected chi connectivity index (χ3v) is 6.84. The molecule has 2 aromatic carbocycles. The number of aryl methyl sites for hydroxylation is 2. The van der Waals surface area contributed by atoms with Gasteiger partial charge in [-0.05, 0) is 0 Å². The monoisotopic (exact) mass is 521 g/mol. The minimum Gasteiger partial charge on any atom is -0.147 e. The zero-order chi connectivity index (χ0) is 25.3. The molecule has 34 heavy (non-hydrogen) atoms. The van der Waals surface area contributed by atoms with Crippen molar-refractivity contribution < 1.29 is 33.7 Å². The van der Waals surface area contributed by atoms with E-state index in [9.17, 15) is 4.79 Å². The first-order chi connectivity index (χ1) is 15.1. The second kappa shape index (κ2) is 11.6. The van der Waals surface area contributed by atoms with Crippen LogP contribution in [0.4, 0.5) is 0 Å². The number of hydrogen-bond acceptors (Lipinski definition) is 3. The molecule has 0 aliphatic heterocycles. The largest absolute Gasteiger partial charge is 0.147 e. The summed E-state index contributed by atoms with van der Waals surface area (Å²) < 4.78 is 12.3. The Labute approximate surface area is 225 Å². The van der Waals surface area contributed by atoms with E-state index in [2.05, 4.69) is 88.3 Å². The van der Waals surface area contributed by atoms with Gasteiger partial charge in [-0.3, -0.25) is 0 Å². The molecule has 2 rings (SSSR count). The minimum atomic E-state index is -0.189. The first-order valence-electron chi connectivity index (χ1n) is 12.0. The van der Waals surface area contributed by atoms with Gasteiger partial charge < -0.3 is 0 Å². The van der Waals surface area contributed by atoms with Gasteiger partial charge in [-0.2, -0.15) is 0 Å². The molecule has 0 aliphatic carbocycles. The number of rotatable bonds is 6. The number of carbonyl (C=O) groups is 1. The smallest absolute Gasteiger partial charge is 0.147 e. The van der Waals surface area contributed by atoms with Gasteiger partial charge in [0, 0.05) is 0 Å². The fraction of sp³-hybridized carbons (Fsp3) is 0.552. The summed E-state index contributed by atoms with van der Waals surface area (Å²) in [5.74, 6) is 1.37. The zero-order valence-electron chi connectivity index (χ0n) is 22.9. The molecular formula is C29H42ClO3Ti. The third-order valence-electron chi connectivity index (χ3n) is 6.52. The van der Waals surface area contributed by atoms with Crippen LogP contribution >= 0.6 is 12.4 Å². The van der Waals surface area contributed by atoms with Crippen molar-refractivity contribution in [2.45, 2.75) is 106 Å². The molecule has 0 amide bonds. The molecule has 0 spiro atoms. The standard InChI is InChI=1S/C29H42O3.ClH.Ti/c1-12-13-14-23(30)32-27-22(29(9,10)11)16-18(3)20(5)25(27)24-19(4)17(2)15-21(26(24)31)28(6,7)8;;/h15-16,31H,12-14H2,1-11H3;1H;/q;;+1/p-1. The molecule has 2 aromatic rings. The molecule has 0 saturated heterocycles. The van der Waals surface area contributed by atoms with E-state index in [0.717, 1.165) is 52.0 Å². The SMILES string of the molecule is CCCCC(=O)Oc1c(C(C)(C)C)cc(C)c(C)c1-c1c(C)c(C)cc(C(C)(C)C)c1[O][Ti].Cl. The van der Waals surface area contributed by atoms with Crippen molar-refractivity contribution in [3.63, 3.8) is 0 Å². The Morgan fingerprint density at radius 1 is 0.824 bits per heavy atom. The maximum atomic E-state index is 12.9. The number of benzene rings is 2. The fourth-order valence-corrected chi connectivity index (χ4v) is 4.53. The Balaban J connectivity index is 0.00000578. The summed E-state index contributed by atoms with van der Waals surface area (Å²) >= 11 is 1.74. The molecule has 0 heterocycles. The van der Waals surface area contributed by atoms with E-state index in [1.807, 2.05) is 0 Å². The molecule has 0 radical (unpaired) electrons. The Bertz CT molecular complexity index is 1040. The van der Waals surface area contributed by atoms with Gasteiger partial charge in [0.05, 0.1) is 0 Å². The van der Waals surface area contributed by atoms with Crippen LogP contribution in [0.5, 0.6) is 11.5 Å². The van der Waals surface area contributed by atoms with E-state index in [-0.39, 0.29) is 29.2 Å². The van der Waals surface area contributed by atoms with Crippen molar-refractivity contribution in [1.82, 2.24) is 0 Å². The average Bonchev–Trinajstić information content (AvgIpc) is 2.69. The Kier molecular flexibility index (Phi) is 10.5. The number of unbranched alkanes of at least 4 members (excludes halogenated alkanes) is 1. The van der Waals surface area contributed by atoms with Crippen molar-refractivity contribution in [3.05, 3.63) is 45.5 Å². The Morgan fingerprint density at radius 2 is 1.24 bits per heavy atom. The van der Waals surface area contributed by atoms with Crippen molar-refractivity contribution in [2.75, 3.05) is 0 Å². The van der Waals surface area contributed by atoms with Crippen molar-refractivity contribution in [1.29, 1.82) is 0 Å². The van der Waals surface area contributed by atoms with Gasteiger partial charge in [0.2, 0.25) is 0 Å². The molecule has 0 fully saturated rings. The summed E-state index contributed by atoms with van der Waals surface area (Å²) in [6, 6.07) is 4.42. The minimum absolute atomic E-state index is 0. The zero-order valence-corrected chi connectivity index (χ0v) is 25.3. The van der Waals surface area contributed by atoms with Crippen LogP contribution in [0, 0.1) is 27.7 Å². The molecule has 0 aliphatic rings. The van der Waals surface area contributed by atoms with E-state index in [1.54, 1.807) is 20.8 Å². The molecule has 0 unspecified atom stereocenters. The van der Waals surface area contributed by atoms with Gasteiger partial charge in [0.1, 0.15) is 0 Å². The van der Waals surface area contributed by atoms with Gasteiger partial charge in [0.25, 0.3) is 0 Å². The van der Waals surface area contributed by atoms with Crippen molar-refractivity contribution >= 4 is 18.4 Å². The topological polar surface area (TPSA) is 35.5 Å². The molecule has 5 heteroatoms. The van der Waals surface area contributed by atoms with E-state index >= 15 is 0 Å². The summed E-state index contributed by atoms with van der Waals surface area (Å²) in [5.41, 5.74) is 8.59. The van der Waals surface area contributed by atoms with Gasteiger partial charge in [0.15, 0.2) is 0 Å². The van der Waals surface area contributed by atoms with Gasteiger partial charge in [-0.25, -0.2) is 0 Å². The molecule has 187 valence electrons. The Hall–Kier alpha value is -1.29. The maximum absolute atomic E-state index is 12.9. The van der Waals surface area contributed by atoms with E-state index < -0.39 is 0 Å². The van der Waals surface area contributed by atoms with Crippen molar-refractivity contribution in [2.24, 2.45) is 0 Å². The van der Waals surface area contributed by atoms with E-state index in [0.29, 0.717) is 12.2 Å². The summed E-state index contributed by atoms with van der Waals surface area (Å²) in [7, 11) is 0. The molecular weight excluding hydrogens is 480 g/mol. The predicted molar refractivity (Wildman–Crippen MR) is 141 cm³/mol. The molecule has 0 atom stereocenters. The van der Waals surface area contributed by atoms with Gasteiger partial charge in [-0.15, -0.1) is 12.4 Å². The number of esters is 1. The first kappa shape index (κ1) is 30.7. The second-order valence-corrected chi connectivity index (χ2v) is 11.6. The van der Waals surface area contributed by atoms with Crippen LogP contribution in [0.3, 0.4) is 0 Å². The molecule has 0 saturated carbocycles. The first-order valence-corrected chi connectivity index (χ1v) is 12.6. The summed E-state index contributed by atoms with van der Waals surface area (Å²) in [6.45, 7) is 23.8. The number of ether oxygens (including phenoxy) is 1. The molecule has 0 aromatic heterocycles. The fourth-order valence-electron chi connectivity index (χ4n) is 4.20. The van der Waals surface area contributed by atoms with Crippen molar-refractivity contribution in [3.8, 4) is 22.6 Å². The van der Waals surface area contributed by atoms with Crippen LogP contribution in [-0.2, 0) is 36.4 Å². The van der Waals surface area contributed by atoms with Crippen LogP contribution in [0.2, 0.25) is 0 Å². The van der Waals surface area contributed by atoms with Crippen LogP contribution < -0.4 is 8.06 Å². The van der Waals surface area contributed by atoms with Crippen LogP contribution in [0.15, 0.2) is 12.1 Å². The second-order valence-electron chi connectivity index (χ2n) is 11.3. The summed E-state index contributed by atoms with van der Waals surface area (Å²) in [5, 5.41) is 0. The normalized spacial score (nSPS) is 11.7. The van der Waals surface area contributed by atoms with E-state index in [1.165, 1.54) is 11.1 Å². The quantitative estimate of drug-likeness (QED) is 0.217. The third kappa shape index (κ3) is 6.48. The maximum Gasteiger partial charge on any atom is -0.147 e.